The molecule has 1 aromatic carbocycles. The third-order valence-electron chi connectivity index (χ3n) is 3.55. The number of aliphatic hydroxyl groups is 1. The maximum absolute atomic E-state index is 9.48. The van der Waals surface area contributed by atoms with Crippen LogP contribution in [0.5, 0.6) is 0 Å². The molecule has 2 rings (SSSR count). The van der Waals surface area contributed by atoms with Gasteiger partial charge in [-0.1, -0.05) is 31.2 Å². The van der Waals surface area contributed by atoms with Crippen LogP contribution >= 0.6 is 0 Å². The summed E-state index contributed by atoms with van der Waals surface area (Å²) in [6.45, 7) is 4.48. The second kappa shape index (κ2) is 6.88. The van der Waals surface area contributed by atoms with Crippen molar-refractivity contribution >= 4 is 0 Å². The van der Waals surface area contributed by atoms with Gasteiger partial charge in [0.2, 0.25) is 0 Å². The average Bonchev–Trinajstić information content (AvgIpc) is 2.43. The van der Waals surface area contributed by atoms with E-state index in [0.717, 1.165) is 39.0 Å². The molecule has 2 N–H and O–H groups in total. The van der Waals surface area contributed by atoms with Crippen molar-refractivity contribution in [1.82, 2.24) is 5.32 Å². The van der Waals surface area contributed by atoms with Crippen LogP contribution in [0.1, 0.15) is 37.0 Å². The predicted octanol–water partition coefficient (Wildman–Crippen LogP) is 2.05. The lowest BCUT2D eigenvalue weighted by Gasteiger charge is -2.26. The van der Waals surface area contributed by atoms with E-state index in [1.807, 2.05) is 6.92 Å². The molecule has 0 spiro atoms. The highest BCUT2D eigenvalue weighted by Gasteiger charge is 2.19. The highest BCUT2D eigenvalue weighted by atomic mass is 16.5. The van der Waals surface area contributed by atoms with Crippen molar-refractivity contribution in [3.8, 4) is 0 Å². The van der Waals surface area contributed by atoms with Crippen LogP contribution in [0.4, 0.5) is 0 Å². The molecule has 0 saturated heterocycles. The van der Waals surface area contributed by atoms with Gasteiger partial charge in [-0.3, -0.25) is 0 Å². The van der Waals surface area contributed by atoms with Crippen LogP contribution in [-0.2, 0) is 11.2 Å². The lowest BCUT2D eigenvalue weighted by molar-refractivity contribution is 0.0418. The Morgan fingerprint density at radius 3 is 3.11 bits per heavy atom. The van der Waals surface area contributed by atoms with Crippen molar-refractivity contribution in [2.75, 3.05) is 19.7 Å². The minimum Gasteiger partial charge on any atom is -0.393 e. The Hall–Kier alpha value is -0.900. The summed E-state index contributed by atoms with van der Waals surface area (Å²) in [7, 11) is 0. The lowest BCUT2D eigenvalue weighted by atomic mass is 9.97. The van der Waals surface area contributed by atoms with Gasteiger partial charge in [-0.2, -0.15) is 0 Å². The quantitative estimate of drug-likeness (QED) is 0.758. The first-order valence-electron chi connectivity index (χ1n) is 6.89. The van der Waals surface area contributed by atoms with Gasteiger partial charge in [0, 0.05) is 6.54 Å². The zero-order valence-corrected chi connectivity index (χ0v) is 11.1. The summed E-state index contributed by atoms with van der Waals surface area (Å²) < 4.78 is 5.81. The number of hydrogen-bond donors (Lipinski definition) is 2. The van der Waals surface area contributed by atoms with Gasteiger partial charge in [0.05, 0.1) is 18.8 Å². The van der Waals surface area contributed by atoms with Crippen LogP contribution in [0.2, 0.25) is 0 Å². The van der Waals surface area contributed by atoms with Gasteiger partial charge in [0.1, 0.15) is 0 Å². The maximum Gasteiger partial charge on any atom is 0.0952 e. The first-order chi connectivity index (χ1) is 8.81. The molecule has 2 unspecified atom stereocenters. The predicted molar refractivity (Wildman–Crippen MR) is 72.6 cm³/mol. The van der Waals surface area contributed by atoms with Gasteiger partial charge >= 0.3 is 0 Å². The van der Waals surface area contributed by atoms with Gasteiger partial charge in [-0.15, -0.1) is 0 Å². The van der Waals surface area contributed by atoms with E-state index in [4.69, 9.17) is 4.74 Å². The van der Waals surface area contributed by atoms with Crippen LogP contribution in [0, 0.1) is 0 Å². The Balaban J connectivity index is 1.81. The molecular weight excluding hydrogens is 226 g/mol. The molecule has 0 saturated carbocycles. The van der Waals surface area contributed by atoms with E-state index < -0.39 is 0 Å². The van der Waals surface area contributed by atoms with E-state index >= 15 is 0 Å². The third kappa shape index (κ3) is 3.55. The fourth-order valence-electron chi connectivity index (χ4n) is 2.35. The van der Waals surface area contributed by atoms with E-state index in [0.29, 0.717) is 0 Å². The van der Waals surface area contributed by atoms with E-state index in [-0.39, 0.29) is 12.2 Å². The number of aliphatic hydroxyl groups excluding tert-OH is 1. The molecule has 0 radical (unpaired) electrons. The fourth-order valence-corrected chi connectivity index (χ4v) is 2.35. The van der Waals surface area contributed by atoms with Gasteiger partial charge < -0.3 is 15.2 Å². The van der Waals surface area contributed by atoms with Crippen molar-refractivity contribution < 1.29 is 9.84 Å². The summed E-state index contributed by atoms with van der Waals surface area (Å²) in [5.74, 6) is 0. The molecule has 3 heteroatoms. The normalized spacial score (nSPS) is 20.4. The number of rotatable bonds is 6. The van der Waals surface area contributed by atoms with Crippen LogP contribution in [0.3, 0.4) is 0 Å². The molecule has 100 valence electrons. The second-order valence-electron chi connectivity index (χ2n) is 4.86. The minimum absolute atomic E-state index is 0.161. The topological polar surface area (TPSA) is 41.5 Å². The zero-order chi connectivity index (χ0) is 12.8. The molecule has 0 amide bonds. The number of benzene rings is 1. The van der Waals surface area contributed by atoms with Crippen molar-refractivity contribution in [2.24, 2.45) is 0 Å². The largest absolute Gasteiger partial charge is 0.393 e. The van der Waals surface area contributed by atoms with Gasteiger partial charge in [0.15, 0.2) is 0 Å². The summed E-state index contributed by atoms with van der Waals surface area (Å²) in [5.41, 5.74) is 2.72. The molecule has 1 heterocycles. The maximum atomic E-state index is 9.48. The monoisotopic (exact) mass is 249 g/mol. The average molecular weight is 249 g/mol. The molecule has 18 heavy (non-hydrogen) atoms. The molecular formula is C15H23NO2. The molecule has 3 nitrogen and oxygen atoms in total. The van der Waals surface area contributed by atoms with E-state index in [1.165, 1.54) is 11.1 Å². The van der Waals surface area contributed by atoms with Gasteiger partial charge in [0.25, 0.3) is 0 Å². The van der Waals surface area contributed by atoms with Crippen LogP contribution in [-0.4, -0.2) is 30.9 Å². The minimum atomic E-state index is -0.183. The first kappa shape index (κ1) is 13.5. The Morgan fingerprint density at radius 1 is 1.44 bits per heavy atom. The molecule has 1 aromatic rings. The molecule has 0 bridgehead atoms. The molecule has 2 atom stereocenters. The summed E-state index contributed by atoms with van der Waals surface area (Å²) in [6, 6.07) is 8.50. The van der Waals surface area contributed by atoms with E-state index in [1.54, 1.807) is 0 Å². The highest BCUT2D eigenvalue weighted by molar-refractivity contribution is 5.31. The fraction of sp³-hybridized carbons (Fsp3) is 0.600. The SMILES string of the molecule is CCC(O)CCNCC1OCCc2ccccc21. The van der Waals surface area contributed by atoms with Crippen LogP contribution in [0.25, 0.3) is 0 Å². The summed E-state index contributed by atoms with van der Waals surface area (Å²) in [6.07, 6.45) is 2.63. The van der Waals surface area contributed by atoms with Crippen LogP contribution in [0.15, 0.2) is 24.3 Å². The summed E-state index contributed by atoms with van der Waals surface area (Å²) >= 11 is 0. The summed E-state index contributed by atoms with van der Waals surface area (Å²) in [4.78, 5) is 0. The highest BCUT2D eigenvalue weighted by Crippen LogP contribution is 2.26. The number of ether oxygens (including phenoxy) is 1. The van der Waals surface area contributed by atoms with Crippen molar-refractivity contribution in [1.29, 1.82) is 0 Å². The molecule has 0 aliphatic carbocycles. The molecule has 0 aromatic heterocycles. The number of hydrogen-bond acceptors (Lipinski definition) is 3. The van der Waals surface area contributed by atoms with Gasteiger partial charge in [-0.05, 0) is 36.9 Å². The molecule has 0 fully saturated rings. The smallest absolute Gasteiger partial charge is 0.0952 e. The Bertz CT molecular complexity index is 367. The Labute approximate surface area is 109 Å². The lowest BCUT2D eigenvalue weighted by Crippen LogP contribution is -2.29. The number of nitrogens with one attached hydrogen (secondary N) is 1. The molecule has 1 aliphatic rings. The van der Waals surface area contributed by atoms with Crippen LogP contribution < -0.4 is 5.32 Å². The van der Waals surface area contributed by atoms with Crippen molar-refractivity contribution in [3.63, 3.8) is 0 Å². The van der Waals surface area contributed by atoms with Crippen molar-refractivity contribution in [2.45, 2.75) is 38.4 Å². The van der Waals surface area contributed by atoms with Crippen molar-refractivity contribution in [3.05, 3.63) is 35.4 Å². The zero-order valence-electron chi connectivity index (χ0n) is 11.1. The Kier molecular flexibility index (Phi) is 5.17. The number of fused-ring (bicyclic) bond motifs is 1. The Morgan fingerprint density at radius 2 is 2.28 bits per heavy atom. The van der Waals surface area contributed by atoms with E-state index in [9.17, 15) is 5.11 Å². The summed E-state index contributed by atoms with van der Waals surface area (Å²) in [5, 5.41) is 12.9. The van der Waals surface area contributed by atoms with E-state index in [2.05, 4.69) is 29.6 Å². The third-order valence-corrected chi connectivity index (χ3v) is 3.55. The standard InChI is InChI=1S/C15H23NO2/c1-2-13(17)7-9-16-11-15-14-6-4-3-5-12(14)8-10-18-15/h3-6,13,15-17H,2,7-11H2,1H3. The molecule has 1 aliphatic heterocycles. The second-order valence-corrected chi connectivity index (χ2v) is 4.86. The van der Waals surface area contributed by atoms with Gasteiger partial charge in [-0.25, -0.2) is 0 Å². The first-order valence-corrected chi connectivity index (χ1v) is 6.89.